The second-order valence-corrected chi connectivity index (χ2v) is 3.45. The normalized spacial score (nSPS) is 10.1. The summed E-state index contributed by atoms with van der Waals surface area (Å²) in [5.41, 5.74) is -0.0862. The third-order valence-corrected chi connectivity index (χ3v) is 2.25. The van der Waals surface area contributed by atoms with Crippen LogP contribution in [0, 0.1) is 0 Å². The average molecular weight is 223 g/mol. The van der Waals surface area contributed by atoms with Gasteiger partial charge >= 0.3 is 5.97 Å². The number of hydrogen-bond acceptors (Lipinski definition) is 6. The van der Waals surface area contributed by atoms with Gasteiger partial charge in [0, 0.05) is 0 Å². The minimum Gasteiger partial charge on any atom is -0.476 e. The fourth-order valence-electron chi connectivity index (χ4n) is 0.822. The molecule has 0 amide bonds. The first kappa shape index (κ1) is 9.59. The van der Waals surface area contributed by atoms with Crippen molar-refractivity contribution < 1.29 is 9.90 Å². The van der Waals surface area contributed by atoms with E-state index in [0.29, 0.717) is 10.2 Å². The molecule has 0 fully saturated rings. The summed E-state index contributed by atoms with van der Waals surface area (Å²) < 4.78 is 0. The number of aromatic carboxylic acids is 1. The van der Waals surface area contributed by atoms with Gasteiger partial charge in [0.2, 0.25) is 0 Å². The Morgan fingerprint density at radius 1 is 1.33 bits per heavy atom. The van der Waals surface area contributed by atoms with Crippen LogP contribution in [0.1, 0.15) is 10.5 Å². The molecule has 7 nitrogen and oxygen atoms in total. The highest BCUT2D eigenvalue weighted by molar-refractivity contribution is 7.99. The van der Waals surface area contributed by atoms with Gasteiger partial charge < -0.3 is 5.11 Å². The molecular weight excluding hydrogens is 218 g/mol. The molecule has 0 bridgehead atoms. The lowest BCUT2D eigenvalue weighted by molar-refractivity contribution is 0.0689. The summed E-state index contributed by atoms with van der Waals surface area (Å²) in [6, 6.07) is 0. The third kappa shape index (κ3) is 2.29. The molecule has 0 aliphatic heterocycles. The molecule has 2 heterocycles. The molecule has 0 saturated carbocycles. The maximum absolute atomic E-state index is 10.5. The van der Waals surface area contributed by atoms with Crippen LogP contribution in [-0.2, 0) is 0 Å². The zero-order valence-electron chi connectivity index (χ0n) is 7.28. The van der Waals surface area contributed by atoms with Crippen LogP contribution in [0.4, 0.5) is 0 Å². The van der Waals surface area contributed by atoms with Gasteiger partial charge in [-0.25, -0.2) is 19.7 Å². The standard InChI is InChI=1S/C7H5N5O2S/c13-6(14)4-1-9-5(2-8-4)15-7-10-3-11-12-7/h1-3H,(H,13,14)(H,10,11,12). The maximum atomic E-state index is 10.5. The van der Waals surface area contributed by atoms with Gasteiger partial charge in [0.1, 0.15) is 11.4 Å². The van der Waals surface area contributed by atoms with Gasteiger partial charge in [-0.2, -0.15) is 5.10 Å². The van der Waals surface area contributed by atoms with E-state index < -0.39 is 5.97 Å². The molecule has 2 N–H and O–H groups in total. The SMILES string of the molecule is O=C(O)c1cnc(Sc2ncn[nH]2)cn1. The molecule has 0 unspecified atom stereocenters. The van der Waals surface area contributed by atoms with E-state index in [1.807, 2.05) is 0 Å². The average Bonchev–Trinajstić information content (AvgIpc) is 2.71. The lowest BCUT2D eigenvalue weighted by Gasteiger charge is -1.96. The number of carboxylic acids is 1. The van der Waals surface area contributed by atoms with E-state index in [1.165, 1.54) is 30.5 Å². The second-order valence-electron chi connectivity index (χ2n) is 2.44. The van der Waals surface area contributed by atoms with Crippen molar-refractivity contribution in [2.75, 3.05) is 0 Å². The van der Waals surface area contributed by atoms with E-state index in [4.69, 9.17) is 5.11 Å². The molecule has 8 heteroatoms. The summed E-state index contributed by atoms with van der Waals surface area (Å²) >= 11 is 1.22. The fourth-order valence-corrected chi connectivity index (χ4v) is 1.43. The first-order valence-corrected chi connectivity index (χ1v) is 4.66. The predicted octanol–water partition coefficient (Wildman–Crippen LogP) is 0.444. The second kappa shape index (κ2) is 4.05. The number of rotatable bonds is 3. The molecule has 0 aliphatic rings. The Labute approximate surface area is 88.0 Å². The number of nitrogens with zero attached hydrogens (tertiary/aromatic N) is 4. The summed E-state index contributed by atoms with van der Waals surface area (Å²) in [4.78, 5) is 22.0. The summed E-state index contributed by atoms with van der Waals surface area (Å²) in [5, 5.41) is 16.0. The Morgan fingerprint density at radius 3 is 2.73 bits per heavy atom. The lowest BCUT2D eigenvalue weighted by atomic mass is 10.5. The van der Waals surface area contributed by atoms with Crippen LogP contribution in [0.25, 0.3) is 0 Å². The van der Waals surface area contributed by atoms with Crippen LogP contribution in [-0.4, -0.2) is 36.2 Å². The Kier molecular flexibility index (Phi) is 2.59. The fraction of sp³-hybridized carbons (Fsp3) is 0. The molecule has 0 atom stereocenters. The molecule has 0 saturated heterocycles. The Bertz CT molecular complexity index is 455. The molecule has 0 aromatic carbocycles. The maximum Gasteiger partial charge on any atom is 0.356 e. The summed E-state index contributed by atoms with van der Waals surface area (Å²) in [6.45, 7) is 0. The summed E-state index contributed by atoms with van der Waals surface area (Å²) in [6.07, 6.45) is 3.94. The smallest absolute Gasteiger partial charge is 0.356 e. The molecule has 2 rings (SSSR count). The van der Waals surface area contributed by atoms with Crippen molar-refractivity contribution >= 4 is 17.7 Å². The van der Waals surface area contributed by atoms with E-state index in [9.17, 15) is 4.79 Å². The largest absolute Gasteiger partial charge is 0.476 e. The highest BCUT2D eigenvalue weighted by atomic mass is 32.2. The molecule has 2 aromatic rings. The third-order valence-electron chi connectivity index (χ3n) is 1.44. The molecule has 0 radical (unpaired) electrons. The minimum atomic E-state index is -1.10. The zero-order valence-corrected chi connectivity index (χ0v) is 8.10. The zero-order chi connectivity index (χ0) is 10.7. The number of aromatic nitrogens is 5. The number of hydrogen-bond donors (Lipinski definition) is 2. The van der Waals surface area contributed by atoms with E-state index in [0.717, 1.165) is 0 Å². The first-order chi connectivity index (χ1) is 7.25. The summed E-state index contributed by atoms with van der Waals surface area (Å²) in [5.74, 6) is -1.10. The van der Waals surface area contributed by atoms with E-state index in [2.05, 4.69) is 25.1 Å². The number of H-pyrrole nitrogens is 1. The van der Waals surface area contributed by atoms with E-state index >= 15 is 0 Å². The minimum absolute atomic E-state index is 0.0862. The van der Waals surface area contributed by atoms with Gasteiger partial charge in [0.25, 0.3) is 0 Å². The van der Waals surface area contributed by atoms with Gasteiger partial charge in [-0.05, 0) is 11.8 Å². The Morgan fingerprint density at radius 2 is 2.20 bits per heavy atom. The van der Waals surface area contributed by atoms with Gasteiger partial charge in [0.15, 0.2) is 10.9 Å². The number of carboxylic acid groups (broad SMARTS) is 1. The molecule has 0 aliphatic carbocycles. The van der Waals surface area contributed by atoms with Crippen molar-refractivity contribution in [2.24, 2.45) is 0 Å². The lowest BCUT2D eigenvalue weighted by Crippen LogP contribution is -2.00. The first-order valence-electron chi connectivity index (χ1n) is 3.84. The molecule has 15 heavy (non-hydrogen) atoms. The number of aromatic amines is 1. The van der Waals surface area contributed by atoms with Crippen LogP contribution >= 0.6 is 11.8 Å². The van der Waals surface area contributed by atoms with Gasteiger partial charge in [0.05, 0.1) is 12.4 Å². The van der Waals surface area contributed by atoms with Crippen LogP contribution in [0.15, 0.2) is 28.9 Å². The van der Waals surface area contributed by atoms with Crippen molar-refractivity contribution in [1.82, 2.24) is 25.1 Å². The Balaban J connectivity index is 2.14. The van der Waals surface area contributed by atoms with Crippen molar-refractivity contribution in [3.8, 4) is 0 Å². The van der Waals surface area contributed by atoms with E-state index in [-0.39, 0.29) is 5.69 Å². The molecular formula is C7H5N5O2S. The van der Waals surface area contributed by atoms with Crippen molar-refractivity contribution in [3.05, 3.63) is 24.4 Å². The van der Waals surface area contributed by atoms with Crippen molar-refractivity contribution in [1.29, 1.82) is 0 Å². The highest BCUT2D eigenvalue weighted by Gasteiger charge is 2.06. The Hall–Kier alpha value is -1.96. The van der Waals surface area contributed by atoms with Crippen LogP contribution < -0.4 is 0 Å². The highest BCUT2D eigenvalue weighted by Crippen LogP contribution is 2.20. The van der Waals surface area contributed by atoms with Gasteiger partial charge in [-0.15, -0.1) is 0 Å². The monoisotopic (exact) mass is 223 g/mol. The van der Waals surface area contributed by atoms with Gasteiger partial charge in [-0.3, -0.25) is 5.10 Å². The topological polar surface area (TPSA) is 105 Å². The van der Waals surface area contributed by atoms with Crippen molar-refractivity contribution in [3.63, 3.8) is 0 Å². The summed E-state index contributed by atoms with van der Waals surface area (Å²) in [7, 11) is 0. The number of carbonyl (C=O) groups is 1. The van der Waals surface area contributed by atoms with Gasteiger partial charge in [-0.1, -0.05) is 0 Å². The quantitative estimate of drug-likeness (QED) is 0.777. The molecule has 2 aromatic heterocycles. The molecule has 0 spiro atoms. The van der Waals surface area contributed by atoms with E-state index in [1.54, 1.807) is 0 Å². The molecule has 76 valence electrons. The van der Waals surface area contributed by atoms with Crippen LogP contribution in [0.2, 0.25) is 0 Å². The van der Waals surface area contributed by atoms with Crippen LogP contribution in [0.3, 0.4) is 0 Å². The van der Waals surface area contributed by atoms with Crippen LogP contribution in [0.5, 0.6) is 0 Å². The number of nitrogens with one attached hydrogen (secondary N) is 1. The van der Waals surface area contributed by atoms with Crippen molar-refractivity contribution in [2.45, 2.75) is 10.2 Å². The predicted molar refractivity (Wildman–Crippen MR) is 49.5 cm³/mol.